The van der Waals surface area contributed by atoms with Gasteiger partial charge in [-0.25, -0.2) is 4.79 Å². The van der Waals surface area contributed by atoms with Gasteiger partial charge in [0.25, 0.3) is 0 Å². The first kappa shape index (κ1) is 21.9. The van der Waals surface area contributed by atoms with E-state index in [2.05, 4.69) is 15.6 Å². The Kier molecular flexibility index (Phi) is 7.48. The van der Waals surface area contributed by atoms with Crippen LogP contribution in [0.1, 0.15) is 24.5 Å². The number of aliphatic hydroxyl groups is 1. The second kappa shape index (κ2) is 10.3. The normalized spacial score (nSPS) is 18.6. The molecule has 0 unspecified atom stereocenters. The maximum absolute atomic E-state index is 12.6. The molecule has 3 amide bonds. The minimum atomic E-state index is -0.337. The lowest BCUT2D eigenvalue weighted by molar-refractivity contribution is -0.133. The lowest BCUT2D eigenvalue weighted by Gasteiger charge is -2.38. The Balaban J connectivity index is 1.73. The average molecular weight is 433 g/mol. The summed E-state index contributed by atoms with van der Waals surface area (Å²) in [7, 11) is 1.57. The van der Waals surface area contributed by atoms with Crippen LogP contribution in [0, 0.1) is 0 Å². The minimum Gasteiger partial charge on any atom is -0.495 e. The number of piperidine rings is 1. The number of pyridine rings is 1. The molecule has 3 N–H and O–H groups in total. The second-order valence-corrected chi connectivity index (χ2v) is 7.48. The highest BCUT2D eigenvalue weighted by molar-refractivity contribution is 6.30. The maximum Gasteiger partial charge on any atom is 0.319 e. The van der Waals surface area contributed by atoms with E-state index in [1.807, 2.05) is 12.1 Å². The molecule has 160 valence electrons. The summed E-state index contributed by atoms with van der Waals surface area (Å²) < 4.78 is 5.17. The number of rotatable bonds is 6. The number of benzene rings is 1. The van der Waals surface area contributed by atoms with Gasteiger partial charge in [0.15, 0.2) is 0 Å². The zero-order valence-corrected chi connectivity index (χ0v) is 17.4. The number of nitrogens with zero attached hydrogens (tertiary/aromatic N) is 2. The third-order valence-corrected chi connectivity index (χ3v) is 5.34. The van der Waals surface area contributed by atoms with Crippen molar-refractivity contribution < 1.29 is 19.4 Å². The fraction of sp³-hybridized carbons (Fsp3) is 0.381. The number of nitrogens with one attached hydrogen (secondary N) is 2. The van der Waals surface area contributed by atoms with Gasteiger partial charge in [0.05, 0.1) is 19.9 Å². The summed E-state index contributed by atoms with van der Waals surface area (Å²) in [5.41, 5.74) is 1.39. The molecule has 0 bridgehead atoms. The molecule has 8 nitrogen and oxygen atoms in total. The van der Waals surface area contributed by atoms with Crippen LogP contribution in [0.5, 0.6) is 5.75 Å². The SMILES string of the molecule is COc1ccc([C@@H]2CN(C(=O)CCO)CC[C@H]2NC(=O)Nc2ccc(Cl)cc2)nc1. The van der Waals surface area contributed by atoms with Crippen LogP contribution in [0.2, 0.25) is 5.02 Å². The molecular weight excluding hydrogens is 408 g/mol. The Morgan fingerprint density at radius 3 is 2.67 bits per heavy atom. The third kappa shape index (κ3) is 5.61. The molecule has 0 spiro atoms. The van der Waals surface area contributed by atoms with Crippen molar-refractivity contribution in [2.75, 3.05) is 32.1 Å². The molecular formula is C21H25ClN4O4. The van der Waals surface area contributed by atoms with Gasteiger partial charge in [-0.3, -0.25) is 9.78 Å². The van der Waals surface area contributed by atoms with Gasteiger partial charge >= 0.3 is 6.03 Å². The van der Waals surface area contributed by atoms with Gasteiger partial charge < -0.3 is 25.4 Å². The molecule has 30 heavy (non-hydrogen) atoms. The van der Waals surface area contributed by atoms with Crippen LogP contribution in [-0.2, 0) is 4.79 Å². The highest BCUT2D eigenvalue weighted by Crippen LogP contribution is 2.28. The van der Waals surface area contributed by atoms with E-state index in [0.29, 0.717) is 36.0 Å². The largest absolute Gasteiger partial charge is 0.495 e. The van der Waals surface area contributed by atoms with Crippen LogP contribution in [0.3, 0.4) is 0 Å². The van der Waals surface area contributed by atoms with E-state index in [1.165, 1.54) is 0 Å². The van der Waals surface area contributed by atoms with Gasteiger partial charge in [-0.2, -0.15) is 0 Å². The van der Waals surface area contributed by atoms with Crippen molar-refractivity contribution in [2.45, 2.75) is 24.8 Å². The Bertz CT molecular complexity index is 860. The Labute approximate surface area is 180 Å². The summed E-state index contributed by atoms with van der Waals surface area (Å²) in [6, 6.07) is 9.95. The lowest BCUT2D eigenvalue weighted by atomic mass is 9.88. The number of likely N-dealkylation sites (tertiary alicyclic amines) is 1. The van der Waals surface area contributed by atoms with E-state index in [-0.39, 0.29) is 36.9 Å². The Morgan fingerprint density at radius 1 is 1.27 bits per heavy atom. The van der Waals surface area contributed by atoms with Crippen molar-refractivity contribution in [2.24, 2.45) is 0 Å². The summed E-state index contributed by atoms with van der Waals surface area (Å²) in [6.07, 6.45) is 2.27. The van der Waals surface area contributed by atoms with E-state index in [1.54, 1.807) is 42.5 Å². The fourth-order valence-electron chi connectivity index (χ4n) is 3.51. The fourth-order valence-corrected chi connectivity index (χ4v) is 3.63. The summed E-state index contributed by atoms with van der Waals surface area (Å²) >= 11 is 5.88. The molecule has 1 saturated heterocycles. The van der Waals surface area contributed by atoms with E-state index in [0.717, 1.165) is 5.69 Å². The molecule has 3 rings (SSSR count). The number of anilines is 1. The molecule has 1 fully saturated rings. The maximum atomic E-state index is 12.6. The van der Waals surface area contributed by atoms with Crippen molar-refractivity contribution in [1.82, 2.24) is 15.2 Å². The monoisotopic (exact) mass is 432 g/mol. The quantitative estimate of drug-likeness (QED) is 0.651. The number of hydrogen-bond donors (Lipinski definition) is 3. The van der Waals surface area contributed by atoms with Gasteiger partial charge in [-0.05, 0) is 42.8 Å². The second-order valence-electron chi connectivity index (χ2n) is 7.04. The first-order chi connectivity index (χ1) is 14.5. The molecule has 0 radical (unpaired) electrons. The van der Waals surface area contributed by atoms with Crippen LogP contribution < -0.4 is 15.4 Å². The summed E-state index contributed by atoms with van der Waals surface area (Å²) in [6.45, 7) is 0.716. The van der Waals surface area contributed by atoms with Gasteiger partial charge in [0, 0.05) is 47.9 Å². The number of aromatic nitrogens is 1. The highest BCUT2D eigenvalue weighted by Gasteiger charge is 2.34. The molecule has 1 aliphatic rings. The topological polar surface area (TPSA) is 104 Å². The number of ether oxygens (including phenoxy) is 1. The van der Waals surface area contributed by atoms with Crippen LogP contribution in [0.25, 0.3) is 0 Å². The number of amides is 3. The van der Waals surface area contributed by atoms with Crippen molar-refractivity contribution in [3.05, 3.63) is 53.3 Å². The molecule has 1 aromatic heterocycles. The Morgan fingerprint density at radius 2 is 2.03 bits per heavy atom. The Hall–Kier alpha value is -2.84. The first-order valence-electron chi connectivity index (χ1n) is 9.72. The molecule has 0 aliphatic carbocycles. The van der Waals surface area contributed by atoms with Gasteiger partial charge in [-0.1, -0.05) is 11.6 Å². The smallest absolute Gasteiger partial charge is 0.319 e. The molecule has 2 heterocycles. The zero-order chi connectivity index (χ0) is 21.5. The molecule has 9 heteroatoms. The molecule has 0 saturated carbocycles. The zero-order valence-electron chi connectivity index (χ0n) is 16.7. The number of methoxy groups -OCH3 is 1. The number of urea groups is 1. The van der Waals surface area contributed by atoms with Crippen LogP contribution >= 0.6 is 11.6 Å². The van der Waals surface area contributed by atoms with Gasteiger partial charge in [-0.15, -0.1) is 0 Å². The van der Waals surface area contributed by atoms with Crippen LogP contribution in [-0.4, -0.2) is 59.8 Å². The van der Waals surface area contributed by atoms with E-state index in [9.17, 15) is 9.59 Å². The number of halogens is 1. The van der Waals surface area contributed by atoms with Gasteiger partial charge in [0.2, 0.25) is 5.91 Å². The summed E-state index contributed by atoms with van der Waals surface area (Å²) in [5, 5.41) is 15.5. The van der Waals surface area contributed by atoms with E-state index < -0.39 is 0 Å². The predicted octanol–water partition coefficient (Wildman–Crippen LogP) is 2.63. The minimum absolute atomic E-state index is 0.0813. The highest BCUT2D eigenvalue weighted by atomic mass is 35.5. The van der Waals surface area contributed by atoms with Crippen LogP contribution in [0.15, 0.2) is 42.6 Å². The average Bonchev–Trinajstić information content (AvgIpc) is 2.76. The molecule has 2 aromatic rings. The van der Waals surface area contributed by atoms with Crippen molar-refractivity contribution in [3.8, 4) is 5.75 Å². The van der Waals surface area contributed by atoms with Crippen LogP contribution in [0.4, 0.5) is 10.5 Å². The summed E-state index contributed by atoms with van der Waals surface area (Å²) in [5.74, 6) is 0.330. The molecule has 1 aromatic carbocycles. The van der Waals surface area contributed by atoms with Crippen molar-refractivity contribution >= 4 is 29.2 Å². The number of aliphatic hydroxyl groups excluding tert-OH is 1. The first-order valence-corrected chi connectivity index (χ1v) is 10.1. The number of hydrogen-bond acceptors (Lipinski definition) is 5. The lowest BCUT2D eigenvalue weighted by Crippen LogP contribution is -2.52. The number of carbonyl (C=O) groups excluding carboxylic acids is 2. The van der Waals surface area contributed by atoms with Crippen molar-refractivity contribution in [1.29, 1.82) is 0 Å². The number of carbonyl (C=O) groups is 2. The third-order valence-electron chi connectivity index (χ3n) is 5.08. The van der Waals surface area contributed by atoms with Crippen molar-refractivity contribution in [3.63, 3.8) is 0 Å². The summed E-state index contributed by atoms with van der Waals surface area (Å²) in [4.78, 5) is 31.0. The standard InChI is InChI=1S/C21H25ClN4O4/c1-30-16-6-7-18(23-12-16)17-13-26(20(28)9-11-27)10-8-19(17)25-21(29)24-15-4-2-14(22)3-5-15/h2-7,12,17,19,27H,8-11,13H2,1H3,(H2,24,25,29)/t17-,19+/m0/s1. The predicted molar refractivity (Wildman–Crippen MR) is 114 cm³/mol. The molecule has 2 atom stereocenters. The van der Waals surface area contributed by atoms with E-state index in [4.69, 9.17) is 21.4 Å². The van der Waals surface area contributed by atoms with E-state index >= 15 is 0 Å². The molecule has 1 aliphatic heterocycles. The van der Waals surface area contributed by atoms with Gasteiger partial charge in [0.1, 0.15) is 5.75 Å².